The zero-order chi connectivity index (χ0) is 15.4. The van der Waals surface area contributed by atoms with Gasteiger partial charge in [0.25, 0.3) is 5.89 Å². The second-order valence-electron chi connectivity index (χ2n) is 5.35. The highest BCUT2D eigenvalue weighted by atomic mass is 16.5. The summed E-state index contributed by atoms with van der Waals surface area (Å²) in [6, 6.07) is 7.85. The first kappa shape index (κ1) is 14.6. The number of carbonyl (C=O) groups excluding carboxylic acids is 1. The number of hydrogen-bond acceptors (Lipinski definition) is 5. The van der Waals surface area contributed by atoms with Gasteiger partial charge in [0.15, 0.2) is 11.9 Å². The molecular formula is C16H19N3O3. The Morgan fingerprint density at radius 2 is 2.27 bits per heavy atom. The fraction of sp³-hybridized carbons (Fsp3) is 0.438. The van der Waals surface area contributed by atoms with Crippen LogP contribution in [0.4, 0.5) is 0 Å². The maximum Gasteiger partial charge on any atom is 0.268 e. The monoisotopic (exact) mass is 301 g/mol. The number of carbonyl (C=O) groups is 1. The van der Waals surface area contributed by atoms with Crippen molar-refractivity contribution in [3.8, 4) is 5.75 Å². The molecule has 0 fully saturated rings. The van der Waals surface area contributed by atoms with Crippen molar-refractivity contribution in [3.63, 3.8) is 0 Å². The fourth-order valence-corrected chi connectivity index (χ4v) is 2.40. The Bertz CT molecular complexity index is 629. The first-order valence-corrected chi connectivity index (χ1v) is 7.60. The SMILES string of the molecule is CCCCNC(=O)Cc1noc([C@H]2Cc3ccccc3O2)n1. The molecule has 0 unspecified atom stereocenters. The number of nitrogens with one attached hydrogen (secondary N) is 1. The zero-order valence-electron chi connectivity index (χ0n) is 12.5. The average Bonchev–Trinajstić information content (AvgIpc) is 3.13. The molecule has 0 saturated carbocycles. The number of unbranched alkanes of at least 4 members (excludes halogenated alkanes) is 1. The number of amides is 1. The zero-order valence-corrected chi connectivity index (χ0v) is 12.5. The van der Waals surface area contributed by atoms with Gasteiger partial charge in [0.2, 0.25) is 5.91 Å². The molecule has 6 nitrogen and oxygen atoms in total. The summed E-state index contributed by atoms with van der Waals surface area (Å²) in [6.45, 7) is 2.76. The molecule has 1 amide bonds. The number of para-hydroxylation sites is 1. The summed E-state index contributed by atoms with van der Waals surface area (Å²) in [4.78, 5) is 16.0. The van der Waals surface area contributed by atoms with Crippen LogP contribution in [0.1, 0.15) is 43.1 Å². The highest BCUT2D eigenvalue weighted by Crippen LogP contribution is 2.35. The molecule has 3 rings (SSSR count). The van der Waals surface area contributed by atoms with Crippen molar-refractivity contribution in [3.05, 3.63) is 41.5 Å². The minimum Gasteiger partial charge on any atom is -0.480 e. The van der Waals surface area contributed by atoms with Crippen LogP contribution in [0.5, 0.6) is 5.75 Å². The smallest absolute Gasteiger partial charge is 0.268 e. The van der Waals surface area contributed by atoms with Gasteiger partial charge in [-0.2, -0.15) is 4.98 Å². The van der Waals surface area contributed by atoms with Crippen LogP contribution in [0.2, 0.25) is 0 Å². The molecule has 0 spiro atoms. The van der Waals surface area contributed by atoms with Crippen LogP contribution in [-0.4, -0.2) is 22.6 Å². The van der Waals surface area contributed by atoms with Crippen LogP contribution < -0.4 is 10.1 Å². The Morgan fingerprint density at radius 1 is 1.41 bits per heavy atom. The fourth-order valence-electron chi connectivity index (χ4n) is 2.40. The number of ether oxygens (including phenoxy) is 1. The van der Waals surface area contributed by atoms with Crippen molar-refractivity contribution >= 4 is 5.91 Å². The number of aromatic nitrogens is 2. The van der Waals surface area contributed by atoms with E-state index in [0.29, 0.717) is 24.7 Å². The minimum absolute atomic E-state index is 0.0866. The third-order valence-corrected chi connectivity index (χ3v) is 3.58. The van der Waals surface area contributed by atoms with Gasteiger partial charge in [-0.15, -0.1) is 0 Å². The lowest BCUT2D eigenvalue weighted by atomic mass is 10.1. The van der Waals surface area contributed by atoms with Crippen LogP contribution in [0.15, 0.2) is 28.8 Å². The Hall–Kier alpha value is -2.37. The van der Waals surface area contributed by atoms with E-state index in [9.17, 15) is 4.79 Å². The van der Waals surface area contributed by atoms with E-state index in [1.165, 1.54) is 0 Å². The molecule has 2 aromatic rings. The molecule has 1 N–H and O–H groups in total. The molecule has 6 heteroatoms. The van der Waals surface area contributed by atoms with E-state index in [1.54, 1.807) is 0 Å². The largest absolute Gasteiger partial charge is 0.480 e. The van der Waals surface area contributed by atoms with Gasteiger partial charge in [0.05, 0.1) is 6.42 Å². The maximum absolute atomic E-state index is 11.7. The molecule has 0 bridgehead atoms. The molecule has 0 saturated heterocycles. The first-order chi connectivity index (χ1) is 10.8. The second kappa shape index (κ2) is 6.60. The van der Waals surface area contributed by atoms with Gasteiger partial charge in [-0.3, -0.25) is 4.79 Å². The number of fused-ring (bicyclic) bond motifs is 1. The van der Waals surface area contributed by atoms with Gasteiger partial charge in [-0.1, -0.05) is 36.7 Å². The van der Waals surface area contributed by atoms with Crippen LogP contribution in [0.25, 0.3) is 0 Å². The average molecular weight is 301 g/mol. The van der Waals surface area contributed by atoms with Crippen molar-refractivity contribution < 1.29 is 14.1 Å². The van der Waals surface area contributed by atoms with E-state index in [-0.39, 0.29) is 18.4 Å². The second-order valence-corrected chi connectivity index (χ2v) is 5.35. The molecule has 1 aliphatic rings. The van der Waals surface area contributed by atoms with E-state index in [4.69, 9.17) is 9.26 Å². The number of hydrogen-bond donors (Lipinski definition) is 1. The third kappa shape index (κ3) is 3.27. The summed E-state index contributed by atoms with van der Waals surface area (Å²) in [7, 11) is 0. The molecule has 0 aliphatic carbocycles. The van der Waals surface area contributed by atoms with E-state index >= 15 is 0 Å². The molecule has 1 aromatic carbocycles. The molecule has 22 heavy (non-hydrogen) atoms. The van der Waals surface area contributed by atoms with Gasteiger partial charge >= 0.3 is 0 Å². The van der Waals surface area contributed by atoms with Crippen LogP contribution >= 0.6 is 0 Å². The van der Waals surface area contributed by atoms with Crippen molar-refractivity contribution in [2.75, 3.05) is 6.54 Å². The molecule has 0 radical (unpaired) electrons. The Balaban J connectivity index is 1.57. The van der Waals surface area contributed by atoms with Gasteiger partial charge in [-0.05, 0) is 18.1 Å². The third-order valence-electron chi connectivity index (χ3n) is 3.58. The normalized spacial score (nSPS) is 16.1. The summed E-state index contributed by atoms with van der Waals surface area (Å²) >= 11 is 0. The van der Waals surface area contributed by atoms with Gasteiger partial charge < -0.3 is 14.6 Å². The van der Waals surface area contributed by atoms with Crippen LogP contribution in [-0.2, 0) is 17.6 Å². The van der Waals surface area contributed by atoms with Gasteiger partial charge in [0.1, 0.15) is 5.75 Å². The van der Waals surface area contributed by atoms with Crippen LogP contribution in [0, 0.1) is 0 Å². The Morgan fingerprint density at radius 3 is 3.09 bits per heavy atom. The lowest BCUT2D eigenvalue weighted by Gasteiger charge is -2.04. The molecule has 2 heterocycles. The Kier molecular flexibility index (Phi) is 4.37. The van der Waals surface area contributed by atoms with E-state index in [1.807, 2.05) is 24.3 Å². The molecule has 1 atom stereocenters. The summed E-state index contributed by atoms with van der Waals surface area (Å²) in [5, 5.41) is 6.70. The first-order valence-electron chi connectivity index (χ1n) is 7.60. The van der Waals surface area contributed by atoms with Crippen molar-refractivity contribution in [1.29, 1.82) is 0 Å². The maximum atomic E-state index is 11.7. The molecule has 1 aliphatic heterocycles. The van der Waals surface area contributed by atoms with Crippen molar-refractivity contribution in [1.82, 2.24) is 15.5 Å². The van der Waals surface area contributed by atoms with Gasteiger partial charge in [-0.25, -0.2) is 0 Å². The lowest BCUT2D eigenvalue weighted by molar-refractivity contribution is -0.120. The minimum atomic E-state index is -0.262. The number of rotatable bonds is 6. The van der Waals surface area contributed by atoms with Crippen molar-refractivity contribution in [2.24, 2.45) is 0 Å². The van der Waals surface area contributed by atoms with Crippen LogP contribution in [0.3, 0.4) is 0 Å². The molecule has 116 valence electrons. The highest BCUT2D eigenvalue weighted by Gasteiger charge is 2.29. The van der Waals surface area contributed by atoms with E-state index < -0.39 is 0 Å². The van der Waals surface area contributed by atoms with Crippen molar-refractivity contribution in [2.45, 2.75) is 38.7 Å². The van der Waals surface area contributed by atoms with E-state index in [0.717, 1.165) is 24.2 Å². The predicted octanol–water partition coefficient (Wildman–Crippen LogP) is 2.20. The lowest BCUT2D eigenvalue weighted by Crippen LogP contribution is -2.26. The summed E-state index contributed by atoms with van der Waals surface area (Å²) < 4.78 is 11.0. The number of nitrogens with zero attached hydrogens (tertiary/aromatic N) is 2. The van der Waals surface area contributed by atoms with E-state index in [2.05, 4.69) is 22.4 Å². The topological polar surface area (TPSA) is 77.2 Å². The van der Waals surface area contributed by atoms with Gasteiger partial charge in [0, 0.05) is 13.0 Å². The quantitative estimate of drug-likeness (QED) is 0.828. The summed E-state index contributed by atoms with van der Waals surface area (Å²) in [5.74, 6) is 1.58. The molecule has 1 aromatic heterocycles. The summed E-state index contributed by atoms with van der Waals surface area (Å²) in [6.07, 6.45) is 2.60. The highest BCUT2D eigenvalue weighted by molar-refractivity contribution is 5.77. The standard InChI is InChI=1S/C16H19N3O3/c1-2-3-8-17-15(20)10-14-18-16(22-19-14)13-9-11-6-4-5-7-12(11)21-13/h4-7,13H,2-3,8-10H2,1H3,(H,17,20)/t13-/m1/s1. The Labute approximate surface area is 128 Å². The predicted molar refractivity (Wildman–Crippen MR) is 79.4 cm³/mol. The summed E-state index contributed by atoms with van der Waals surface area (Å²) in [5.41, 5.74) is 1.13. The molecular weight excluding hydrogens is 282 g/mol. The number of benzene rings is 1.